The molecule has 11 rings (SSSR count). The molecular weight excluding hydrogens is 1280 g/mol. The number of amides is 6. The number of carbonyl (C=O) groups is 10. The third-order valence-corrected chi connectivity index (χ3v) is 20.4. The Kier molecular flexibility index (Phi) is 19.3. The van der Waals surface area contributed by atoms with Crippen molar-refractivity contribution in [1.29, 1.82) is 0 Å². The van der Waals surface area contributed by atoms with Crippen LogP contribution in [-0.4, -0.2) is 233 Å². The molecule has 0 unspecified atom stereocenters. The third-order valence-electron chi connectivity index (χ3n) is 17.0. The topological polar surface area (TPSA) is 505 Å². The molecule has 5 aliphatic heterocycles. The van der Waals surface area contributed by atoms with Crippen molar-refractivity contribution in [3.8, 4) is 5.75 Å². The number of Topliss-reactive ketones (excluding diaryl/α,β-unsaturated/α-hetero) is 2. The van der Waals surface area contributed by atoms with Gasteiger partial charge in [0.05, 0.1) is 55.3 Å². The van der Waals surface area contributed by atoms with Crippen molar-refractivity contribution in [2.75, 3.05) is 78.8 Å². The number of aliphatic hydroxyl groups is 4. The van der Waals surface area contributed by atoms with Gasteiger partial charge in [-0.15, -0.1) is 34.9 Å². The fraction of sp³-hybridized carbons (Fsp3) is 0.421. The molecule has 9 atom stereocenters. The Labute approximate surface area is 539 Å². The number of carboxylic acid groups (broad SMARTS) is 2. The summed E-state index contributed by atoms with van der Waals surface area (Å²) in [4.78, 5) is 141. The van der Waals surface area contributed by atoms with E-state index in [1.54, 1.807) is 11.4 Å². The molecule has 36 heteroatoms. The minimum absolute atomic E-state index is 0.0615. The highest BCUT2D eigenvalue weighted by Crippen LogP contribution is 2.57. The van der Waals surface area contributed by atoms with Crippen molar-refractivity contribution < 1.29 is 107 Å². The molecule has 1 aromatic carbocycles. The number of anilines is 1. The van der Waals surface area contributed by atoms with Gasteiger partial charge in [-0.3, -0.25) is 48.3 Å². The zero-order chi connectivity index (χ0) is 68.1. The second-order valence-electron chi connectivity index (χ2n) is 23.0. The first kappa shape index (κ1) is 68.0. The molecule has 14 N–H and O–H groups in total. The Morgan fingerprint density at radius 1 is 0.882 bits per heavy atom. The standard InChI is InChI=1S/C22H24N2O8.C19H24N6O5S2.C16H16N4O8S/c1-21(31)8-5-4-6-11(25)12(8)16(26)13-9(21)7-10-15(24(2)3)17(27)14(20(23)30)19(29)22(10,32)18(13)28;1-25(5-3-4-6-25)7-10-8-31-17-13(16(27)24(17)14(10)18(28)29)22-15(26)12(23-30-2)11-9-32-19(20)21-11;1-26-19-9(8-3-2-4-27-8)12(21)18-10-13(22)20-11(15(23)24)7(5-28-16(17)25)6-29-14(10)20/h4-6,9-10,15,25-26,29,31-32H,7H2,1-3H3,(H2,23,30);9,13,17H,3-8H2,1-2H3,(H3-,20,21,22,26,28,29);2-4,10,14H,5-6H2,1H3,(H2,17,25)(H,18,21)(H,23,24)/b;23-12-;19-9-/t9-,10-,15-,21+,22-;13-,17-;10-,14-/m011/s1. The summed E-state index contributed by atoms with van der Waals surface area (Å²) in [5.41, 5.74) is 10.5. The zero-order valence-corrected chi connectivity index (χ0v) is 52.8. The number of hydrogen-bond acceptors (Lipinski definition) is 28. The molecule has 3 saturated heterocycles. The number of benzene rings is 1. The number of phenolic OH excluding ortho intramolecular Hbond substituents is 1. The number of carboxylic acids is 2. The first-order chi connectivity index (χ1) is 43.9. The quantitative estimate of drug-likeness (QED) is 0.0239. The number of phenols is 1. The molecule has 4 fully saturated rings. The second-order valence-corrected chi connectivity index (χ2v) is 26.1. The number of nitrogens with one attached hydrogen (secondary N) is 2. The molecule has 93 heavy (non-hydrogen) atoms. The van der Waals surface area contributed by atoms with Crippen LogP contribution < -0.4 is 32.9 Å². The van der Waals surface area contributed by atoms with Crippen molar-refractivity contribution in [1.82, 2.24) is 30.3 Å². The third kappa shape index (κ3) is 12.2. The summed E-state index contributed by atoms with van der Waals surface area (Å²) in [6.45, 7) is 3.58. The number of aromatic hydroxyl groups is 1. The molecule has 33 nitrogen and oxygen atoms in total. The predicted molar refractivity (Wildman–Crippen MR) is 325 cm³/mol. The van der Waals surface area contributed by atoms with Gasteiger partial charge in [0.25, 0.3) is 29.5 Å². The van der Waals surface area contributed by atoms with E-state index in [2.05, 4.69) is 42.6 Å². The van der Waals surface area contributed by atoms with Crippen LogP contribution in [0.3, 0.4) is 0 Å². The number of aliphatic hydroxyl groups excluding tert-OH is 2. The van der Waals surface area contributed by atoms with E-state index in [0.717, 1.165) is 46.7 Å². The van der Waals surface area contributed by atoms with Crippen molar-refractivity contribution in [3.63, 3.8) is 0 Å². The molecule has 1 saturated carbocycles. The number of nitrogens with zero attached hydrogens (tertiary/aromatic N) is 7. The number of hydrogen-bond donors (Lipinski definition) is 11. The molecule has 2 aromatic heterocycles. The lowest BCUT2D eigenvalue weighted by Crippen LogP contribution is -2.71. The number of rotatable bonds is 16. The van der Waals surface area contributed by atoms with Crippen LogP contribution in [-0.2, 0) is 63.2 Å². The monoisotopic (exact) mass is 1350 g/mol. The maximum Gasteiger partial charge on any atom is 0.404 e. The molecule has 3 aliphatic carbocycles. The number of likely N-dealkylation sites (N-methyl/N-ethyl adjacent to an activating group) is 2. The maximum absolute atomic E-state index is 13.7. The van der Waals surface area contributed by atoms with Crippen LogP contribution in [0.15, 0.2) is 96.1 Å². The Bertz CT molecular complexity index is 3850. The second kappa shape index (κ2) is 26.3. The van der Waals surface area contributed by atoms with E-state index in [9.17, 15) is 83.7 Å². The fourth-order valence-corrected chi connectivity index (χ4v) is 16.0. The van der Waals surface area contributed by atoms with Gasteiger partial charge in [-0.1, -0.05) is 22.4 Å². The van der Waals surface area contributed by atoms with Gasteiger partial charge in [-0.05, 0) is 51.2 Å². The number of thioether (sulfide) groups is 2. The van der Waals surface area contributed by atoms with Gasteiger partial charge in [0.1, 0.15) is 84.4 Å². The Morgan fingerprint density at radius 3 is 2.00 bits per heavy atom. The van der Waals surface area contributed by atoms with E-state index in [0.29, 0.717) is 17.9 Å². The molecule has 0 spiro atoms. The molecule has 6 amide bonds. The molecule has 7 heterocycles. The summed E-state index contributed by atoms with van der Waals surface area (Å²) < 4.78 is 10.5. The van der Waals surface area contributed by atoms with Crippen LogP contribution >= 0.6 is 34.9 Å². The van der Waals surface area contributed by atoms with Crippen molar-refractivity contribution in [2.45, 2.75) is 66.3 Å². The average molecular weight is 1350 g/mol. The van der Waals surface area contributed by atoms with E-state index in [1.165, 1.54) is 99.1 Å². The molecule has 0 radical (unpaired) electrons. The minimum Gasteiger partial charge on any atom is -0.543 e. The summed E-state index contributed by atoms with van der Waals surface area (Å²) in [5.74, 6) is -12.3. The Morgan fingerprint density at radius 2 is 1.47 bits per heavy atom. The number of fused-ring (bicyclic) bond motifs is 5. The van der Waals surface area contributed by atoms with Crippen LogP contribution in [0.5, 0.6) is 5.75 Å². The van der Waals surface area contributed by atoms with Crippen LogP contribution in [0.2, 0.25) is 0 Å². The number of nitrogens with two attached hydrogens (primary N) is 3. The van der Waals surface area contributed by atoms with Crippen LogP contribution in [0.4, 0.5) is 9.93 Å². The van der Waals surface area contributed by atoms with Crippen LogP contribution in [0.1, 0.15) is 48.8 Å². The predicted octanol–water partition coefficient (Wildman–Crippen LogP) is -2.19. The lowest BCUT2D eigenvalue weighted by atomic mass is 9.54. The number of quaternary nitrogens is 1. The number of likely N-dealkylation sites (tertiary alicyclic amines) is 1. The highest BCUT2D eigenvalue weighted by Gasteiger charge is 2.67. The van der Waals surface area contributed by atoms with Gasteiger partial charge in [0.15, 0.2) is 28.0 Å². The number of carbonyl (C=O) groups excluding carboxylic acids is 9. The van der Waals surface area contributed by atoms with Gasteiger partial charge in [-0.2, -0.15) is 0 Å². The van der Waals surface area contributed by atoms with Crippen LogP contribution in [0, 0.1) is 11.8 Å². The Hall–Kier alpha value is -9.33. The number of aliphatic carboxylic acids is 2. The van der Waals surface area contributed by atoms with Crippen molar-refractivity contribution in [3.05, 3.63) is 104 Å². The number of thiazole rings is 1. The summed E-state index contributed by atoms with van der Waals surface area (Å²) in [6, 6.07) is 4.20. The highest BCUT2D eigenvalue weighted by atomic mass is 32.2. The molecule has 0 bridgehead atoms. The fourth-order valence-electron chi connectivity index (χ4n) is 12.8. The number of primary amides is 2. The number of ketones is 2. The number of aromatic nitrogens is 1. The smallest absolute Gasteiger partial charge is 0.404 e. The maximum atomic E-state index is 13.7. The lowest BCUT2D eigenvalue weighted by molar-refractivity contribution is -0.893. The van der Waals surface area contributed by atoms with E-state index >= 15 is 0 Å². The van der Waals surface area contributed by atoms with E-state index in [1.807, 2.05) is 0 Å². The molecule has 496 valence electrons. The molecule has 3 aromatic rings. The minimum atomic E-state index is -2.75. The molecule has 8 aliphatic rings. The van der Waals surface area contributed by atoms with E-state index < -0.39 is 139 Å². The van der Waals surface area contributed by atoms with Gasteiger partial charge in [-0.25, -0.2) is 14.6 Å². The average Bonchev–Trinajstić information content (AvgIpc) is 0.939. The highest BCUT2D eigenvalue weighted by molar-refractivity contribution is 8.00. The van der Waals surface area contributed by atoms with Crippen molar-refractivity contribution in [2.24, 2.45) is 33.6 Å². The van der Waals surface area contributed by atoms with Crippen LogP contribution in [0.25, 0.3) is 5.76 Å². The van der Waals surface area contributed by atoms with Crippen molar-refractivity contribution >= 4 is 116 Å². The zero-order valence-electron chi connectivity index (χ0n) is 50.3. The lowest BCUT2D eigenvalue weighted by Gasteiger charge is -2.53. The van der Waals surface area contributed by atoms with Gasteiger partial charge in [0.2, 0.25) is 11.5 Å². The first-order valence-corrected chi connectivity index (χ1v) is 31.2. The number of ether oxygens (including phenoxy) is 1. The largest absolute Gasteiger partial charge is 0.543 e. The van der Waals surface area contributed by atoms with E-state index in [4.69, 9.17) is 26.5 Å². The van der Waals surface area contributed by atoms with Gasteiger partial charge in [0, 0.05) is 58.3 Å². The first-order valence-electron chi connectivity index (χ1n) is 28.2. The number of furan rings is 1. The Balaban J connectivity index is 0.000000165. The number of nitrogen functional groups attached to an aromatic ring is 1. The SMILES string of the molecule is CN(C)[C@@H]1C(=O)C(C(N)=O)=C(O)[C@@]2(O)C(=O)C3=C(O)c4c(O)cccc4[C@@](C)(O)[C@H]3C[C@@H]12.CO/N=C(\C(=O)N[C@@H]1C(=O)N2C(C(=O)O)=C(COC(N)=O)CS[C@H]12)c1ccco1.CO/N=C(\C(=O)N[C@@H]1C(=O)N2C(C(=O)[O-])=C(C[N+]3(C)CCCC3)CS[C@H]12)c1csc(N)n1. The molecular formula is C57H64N12O21S3. The number of oxime groups is 2. The summed E-state index contributed by atoms with van der Waals surface area (Å²) in [6.07, 6.45) is 2.30. The number of β-lactam (4-membered cyclic amide) rings is 2. The summed E-state index contributed by atoms with van der Waals surface area (Å²) in [7, 11) is 7.65. The normalized spacial score (nSPS) is 27.0. The summed E-state index contributed by atoms with van der Waals surface area (Å²) in [5, 5.41) is 89.5. The summed E-state index contributed by atoms with van der Waals surface area (Å²) >= 11 is 3.78. The van der Waals surface area contributed by atoms with Gasteiger partial charge >= 0.3 is 12.1 Å². The van der Waals surface area contributed by atoms with E-state index in [-0.39, 0.29) is 74.9 Å². The van der Waals surface area contributed by atoms with Gasteiger partial charge < -0.3 is 91.7 Å².